The molecule has 0 aliphatic rings. The molecule has 1 aromatic rings. The van der Waals surface area contributed by atoms with Crippen LogP contribution in [0.1, 0.15) is 9.49 Å². The Morgan fingerprint density at radius 1 is 1.85 bits per heavy atom. The predicted octanol–water partition coefficient (Wildman–Crippen LogP) is 2.95. The van der Waals surface area contributed by atoms with E-state index in [1.165, 1.54) is 11.6 Å². The summed E-state index contributed by atoms with van der Waals surface area (Å²) in [6, 6.07) is 2.03. The van der Waals surface area contributed by atoms with Gasteiger partial charge in [-0.25, -0.2) is 4.79 Å². The lowest BCUT2D eigenvalue weighted by atomic mass is 10.2. The van der Waals surface area contributed by atoms with E-state index in [1.54, 1.807) is 11.3 Å². The first-order valence-corrected chi connectivity index (χ1v) is 5.88. The van der Waals surface area contributed by atoms with E-state index in [-0.39, 0.29) is 9.89 Å². The molecule has 0 saturated heterocycles. The van der Waals surface area contributed by atoms with E-state index in [9.17, 15) is 4.79 Å². The first-order chi connectivity index (χ1) is 6.24. The highest BCUT2D eigenvalue weighted by molar-refractivity contribution is 14.1. The van der Waals surface area contributed by atoms with Crippen LogP contribution in [-0.4, -0.2) is 12.6 Å². The number of hydrogen-bond donors (Lipinski definition) is 0. The number of hydrogen-bond acceptors (Lipinski definition) is 3. The zero-order valence-corrected chi connectivity index (χ0v) is 9.88. The maximum atomic E-state index is 10.7. The number of carbonyl (C=O) groups is 1. The summed E-state index contributed by atoms with van der Waals surface area (Å²) in [4.78, 5) is 10.7. The molecular formula is C9H9IO2S. The van der Waals surface area contributed by atoms with Gasteiger partial charge >= 0.3 is 5.97 Å². The summed E-state index contributed by atoms with van der Waals surface area (Å²) in [7, 11) is 0. The van der Waals surface area contributed by atoms with Crippen molar-refractivity contribution in [1.29, 1.82) is 0 Å². The molecule has 0 aromatic carbocycles. The molecule has 0 aliphatic carbocycles. The number of rotatable bonds is 4. The van der Waals surface area contributed by atoms with Crippen molar-refractivity contribution in [2.45, 2.75) is 3.92 Å². The number of halogens is 1. The number of carbonyl (C=O) groups excluding carboxylic acids is 1. The van der Waals surface area contributed by atoms with Crippen LogP contribution in [-0.2, 0) is 9.53 Å². The molecule has 0 saturated carbocycles. The van der Waals surface area contributed by atoms with Crippen LogP contribution < -0.4 is 0 Å². The van der Waals surface area contributed by atoms with E-state index in [0.29, 0.717) is 6.61 Å². The van der Waals surface area contributed by atoms with Gasteiger partial charge in [0.2, 0.25) is 0 Å². The van der Waals surface area contributed by atoms with Gasteiger partial charge in [0.1, 0.15) is 6.61 Å². The third-order valence-corrected chi connectivity index (χ3v) is 3.22. The minimum Gasteiger partial charge on any atom is -0.461 e. The third-order valence-electron chi connectivity index (χ3n) is 1.44. The summed E-state index contributed by atoms with van der Waals surface area (Å²) in [6.07, 6.45) is 1.18. The van der Waals surface area contributed by atoms with E-state index in [0.717, 1.165) is 0 Å². The van der Waals surface area contributed by atoms with E-state index in [2.05, 4.69) is 34.5 Å². The standard InChI is InChI=1S/C9H9IO2S/c1-2-9(11)12-5-8(10)7-3-4-13-6-7/h2-4,6,8H,1,5H2. The molecule has 0 amide bonds. The average Bonchev–Trinajstić information content (AvgIpc) is 2.66. The van der Waals surface area contributed by atoms with Gasteiger partial charge in [0.25, 0.3) is 0 Å². The van der Waals surface area contributed by atoms with Crippen molar-refractivity contribution in [3.8, 4) is 0 Å². The van der Waals surface area contributed by atoms with Crippen molar-refractivity contribution in [1.82, 2.24) is 0 Å². The molecule has 0 spiro atoms. The molecule has 1 atom stereocenters. The monoisotopic (exact) mass is 308 g/mol. The van der Waals surface area contributed by atoms with Crippen LogP contribution in [0, 0.1) is 0 Å². The van der Waals surface area contributed by atoms with E-state index >= 15 is 0 Å². The third kappa shape index (κ3) is 3.48. The predicted molar refractivity (Wildman–Crippen MR) is 62.2 cm³/mol. The maximum Gasteiger partial charge on any atom is 0.330 e. The van der Waals surface area contributed by atoms with Gasteiger partial charge in [0.15, 0.2) is 0 Å². The first-order valence-electron chi connectivity index (χ1n) is 3.69. The molecule has 0 fully saturated rings. The molecule has 70 valence electrons. The van der Waals surface area contributed by atoms with Gasteiger partial charge < -0.3 is 4.74 Å². The number of ether oxygens (including phenoxy) is 1. The Balaban J connectivity index is 2.38. The van der Waals surface area contributed by atoms with Crippen LogP contribution in [0.15, 0.2) is 29.5 Å². The van der Waals surface area contributed by atoms with Crippen molar-refractivity contribution in [3.63, 3.8) is 0 Å². The Morgan fingerprint density at radius 2 is 2.62 bits per heavy atom. The molecule has 0 bridgehead atoms. The minimum absolute atomic E-state index is 0.229. The number of thiophene rings is 1. The second-order valence-electron chi connectivity index (χ2n) is 2.36. The smallest absolute Gasteiger partial charge is 0.330 e. The molecule has 0 radical (unpaired) electrons. The lowest BCUT2D eigenvalue weighted by Gasteiger charge is -2.07. The summed E-state index contributed by atoms with van der Waals surface area (Å²) in [5.74, 6) is -0.364. The summed E-state index contributed by atoms with van der Waals surface area (Å²) in [6.45, 7) is 3.73. The Labute approximate surface area is 94.7 Å². The molecule has 0 aliphatic heterocycles. The second-order valence-corrected chi connectivity index (χ2v) is 4.64. The Kier molecular flexibility index (Phi) is 4.44. The van der Waals surface area contributed by atoms with Gasteiger partial charge in [-0.15, -0.1) is 0 Å². The van der Waals surface area contributed by atoms with Crippen molar-refractivity contribution >= 4 is 39.9 Å². The van der Waals surface area contributed by atoms with Crippen LogP contribution in [0.3, 0.4) is 0 Å². The fourth-order valence-electron chi connectivity index (χ4n) is 0.764. The van der Waals surface area contributed by atoms with Crippen molar-refractivity contribution in [2.24, 2.45) is 0 Å². The lowest BCUT2D eigenvalue weighted by molar-refractivity contribution is -0.137. The number of alkyl halides is 1. The summed E-state index contributed by atoms with van der Waals surface area (Å²) in [5, 5.41) is 4.06. The van der Waals surface area contributed by atoms with Crippen LogP contribution in [0.25, 0.3) is 0 Å². The topological polar surface area (TPSA) is 26.3 Å². The molecule has 2 nitrogen and oxygen atoms in total. The lowest BCUT2D eigenvalue weighted by Crippen LogP contribution is -2.05. The molecular weight excluding hydrogens is 299 g/mol. The van der Waals surface area contributed by atoms with Crippen LogP contribution >= 0.6 is 33.9 Å². The van der Waals surface area contributed by atoms with Crippen LogP contribution in [0.4, 0.5) is 0 Å². The summed E-state index contributed by atoms with van der Waals surface area (Å²) in [5.41, 5.74) is 1.20. The Hall–Kier alpha value is -0.360. The quantitative estimate of drug-likeness (QED) is 0.370. The van der Waals surface area contributed by atoms with Crippen molar-refractivity contribution in [3.05, 3.63) is 35.0 Å². The highest BCUT2D eigenvalue weighted by Crippen LogP contribution is 2.25. The van der Waals surface area contributed by atoms with E-state index < -0.39 is 0 Å². The van der Waals surface area contributed by atoms with Crippen molar-refractivity contribution in [2.75, 3.05) is 6.61 Å². The number of esters is 1. The maximum absolute atomic E-state index is 10.7. The van der Waals surface area contributed by atoms with Gasteiger partial charge in [-0.3, -0.25) is 0 Å². The van der Waals surface area contributed by atoms with E-state index in [1.807, 2.05) is 11.4 Å². The molecule has 13 heavy (non-hydrogen) atoms. The fourth-order valence-corrected chi connectivity index (χ4v) is 2.29. The molecule has 1 heterocycles. The fraction of sp³-hybridized carbons (Fsp3) is 0.222. The van der Waals surface area contributed by atoms with Gasteiger partial charge in [-0.2, -0.15) is 11.3 Å². The van der Waals surface area contributed by atoms with Crippen molar-refractivity contribution < 1.29 is 9.53 Å². The van der Waals surface area contributed by atoms with Crippen LogP contribution in [0.2, 0.25) is 0 Å². The Bertz CT molecular complexity index is 282. The van der Waals surface area contributed by atoms with Crippen LogP contribution in [0.5, 0.6) is 0 Å². The zero-order valence-electron chi connectivity index (χ0n) is 6.90. The molecule has 1 rings (SSSR count). The SMILES string of the molecule is C=CC(=O)OCC(I)c1ccsc1. The first kappa shape index (κ1) is 10.7. The highest BCUT2D eigenvalue weighted by Gasteiger charge is 2.09. The molecule has 1 unspecified atom stereocenters. The zero-order chi connectivity index (χ0) is 9.68. The highest BCUT2D eigenvalue weighted by atomic mass is 127. The largest absolute Gasteiger partial charge is 0.461 e. The summed E-state index contributed by atoms with van der Waals surface area (Å²) >= 11 is 3.89. The Morgan fingerprint density at radius 3 is 3.15 bits per heavy atom. The van der Waals surface area contributed by atoms with Gasteiger partial charge in [0, 0.05) is 6.08 Å². The van der Waals surface area contributed by atoms with Gasteiger partial charge in [0.05, 0.1) is 3.92 Å². The molecule has 0 N–H and O–H groups in total. The summed E-state index contributed by atoms with van der Waals surface area (Å²) < 4.78 is 5.15. The van der Waals surface area contributed by atoms with E-state index in [4.69, 9.17) is 4.74 Å². The van der Waals surface area contributed by atoms with Gasteiger partial charge in [-0.05, 0) is 22.4 Å². The normalized spacial score (nSPS) is 12.1. The van der Waals surface area contributed by atoms with Gasteiger partial charge in [-0.1, -0.05) is 29.2 Å². The molecule has 1 aromatic heterocycles. The second kappa shape index (κ2) is 5.39. The molecule has 4 heteroatoms. The minimum atomic E-state index is -0.364. The average molecular weight is 308 g/mol.